The first-order valence-electron chi connectivity index (χ1n) is 14.2. The summed E-state index contributed by atoms with van der Waals surface area (Å²) in [7, 11) is 0.0610. The van der Waals surface area contributed by atoms with Gasteiger partial charge in [0.05, 0.1) is 24.8 Å². The molecule has 0 saturated carbocycles. The van der Waals surface area contributed by atoms with Crippen LogP contribution < -0.4 is 19.1 Å². The van der Waals surface area contributed by atoms with Crippen molar-refractivity contribution in [2.24, 2.45) is 0 Å². The van der Waals surface area contributed by atoms with Crippen molar-refractivity contribution in [3.05, 3.63) is 119 Å². The molecule has 0 unspecified atom stereocenters. The fourth-order valence-electron chi connectivity index (χ4n) is 4.85. The van der Waals surface area contributed by atoms with Crippen LogP contribution in [-0.4, -0.2) is 59.0 Å². The highest BCUT2D eigenvalue weighted by molar-refractivity contribution is 7.92. The number of carbonyl (C=O) groups excluding carboxylic acids is 2. The van der Waals surface area contributed by atoms with Crippen molar-refractivity contribution >= 4 is 39.1 Å². The molecule has 0 heterocycles. The van der Waals surface area contributed by atoms with Gasteiger partial charge in [-0.2, -0.15) is 0 Å². The Bertz CT molecular complexity index is 1720. The molecule has 1 N–H and O–H groups in total. The minimum atomic E-state index is -4.31. The third kappa shape index (κ3) is 8.14. The summed E-state index contributed by atoms with van der Waals surface area (Å²) >= 11 is 6.12. The molecule has 1 atom stereocenters. The third-order valence-electron chi connectivity index (χ3n) is 7.33. The van der Waals surface area contributed by atoms with Gasteiger partial charge in [0.15, 0.2) is 0 Å². The molecule has 4 aromatic carbocycles. The molecule has 0 saturated heterocycles. The van der Waals surface area contributed by atoms with Crippen molar-refractivity contribution < 1.29 is 27.5 Å². The van der Waals surface area contributed by atoms with Crippen LogP contribution in [0.5, 0.6) is 11.5 Å². The molecular formula is C34H36ClN3O6S. The van der Waals surface area contributed by atoms with Crippen LogP contribution in [0.15, 0.2) is 102 Å². The van der Waals surface area contributed by atoms with E-state index in [0.29, 0.717) is 16.3 Å². The highest BCUT2D eigenvalue weighted by Gasteiger charge is 2.35. The maximum atomic E-state index is 14.5. The summed E-state index contributed by atoms with van der Waals surface area (Å²) < 4.78 is 40.5. The number of likely N-dealkylation sites (N-methyl/N-ethyl adjacent to an activating group) is 1. The van der Waals surface area contributed by atoms with E-state index in [1.54, 1.807) is 48.5 Å². The Kier molecular flexibility index (Phi) is 11.1. The summed E-state index contributed by atoms with van der Waals surface area (Å²) in [5, 5.41) is 3.19. The van der Waals surface area contributed by atoms with Gasteiger partial charge in [0, 0.05) is 31.1 Å². The van der Waals surface area contributed by atoms with Crippen molar-refractivity contribution in [3.8, 4) is 11.5 Å². The van der Waals surface area contributed by atoms with Gasteiger partial charge in [0.1, 0.15) is 24.1 Å². The fourth-order valence-corrected chi connectivity index (χ4v) is 6.39. The topological polar surface area (TPSA) is 105 Å². The second-order valence-corrected chi connectivity index (χ2v) is 12.6. The number of halogens is 1. The standard InChI is InChI=1S/C34H36ClN3O6S/c1-24-10-17-29(18-11-24)45(41,42)38(30-21-28(43-3)16-19-32(30)44-4)23-33(39)37(22-26-12-14-27(35)15-13-26)31(34(40)36-2)20-25-8-6-5-7-9-25/h5-19,21,31H,20,22-23H2,1-4H3,(H,36,40)/t31-/m0/s1. The number of nitrogens with one attached hydrogen (secondary N) is 1. The van der Waals surface area contributed by atoms with Gasteiger partial charge in [-0.1, -0.05) is 71.8 Å². The maximum absolute atomic E-state index is 14.5. The van der Waals surface area contributed by atoms with E-state index in [9.17, 15) is 18.0 Å². The summed E-state index contributed by atoms with van der Waals surface area (Å²) in [4.78, 5) is 29.3. The number of benzene rings is 4. The van der Waals surface area contributed by atoms with E-state index >= 15 is 0 Å². The van der Waals surface area contributed by atoms with Crippen molar-refractivity contribution in [2.75, 3.05) is 32.1 Å². The Morgan fingerprint density at radius 1 is 0.867 bits per heavy atom. The molecule has 0 radical (unpaired) electrons. The number of sulfonamides is 1. The average molecular weight is 650 g/mol. The molecular weight excluding hydrogens is 614 g/mol. The summed E-state index contributed by atoms with van der Waals surface area (Å²) in [6, 6.07) is 26.3. The number of hydrogen-bond donors (Lipinski definition) is 1. The van der Waals surface area contributed by atoms with Gasteiger partial charge in [0.25, 0.3) is 10.0 Å². The van der Waals surface area contributed by atoms with Gasteiger partial charge in [0.2, 0.25) is 11.8 Å². The molecule has 236 valence electrons. The summed E-state index contributed by atoms with van der Waals surface area (Å²) in [6.07, 6.45) is 0.201. The normalized spacial score (nSPS) is 11.8. The number of anilines is 1. The van der Waals surface area contributed by atoms with E-state index in [4.69, 9.17) is 21.1 Å². The van der Waals surface area contributed by atoms with E-state index in [0.717, 1.165) is 15.4 Å². The molecule has 0 spiro atoms. The first kappa shape index (κ1) is 33.4. The quantitative estimate of drug-likeness (QED) is 0.212. The highest BCUT2D eigenvalue weighted by atomic mass is 35.5. The number of amides is 2. The summed E-state index contributed by atoms with van der Waals surface area (Å²) in [5.74, 6) is -0.411. The van der Waals surface area contributed by atoms with Crippen LogP contribution in [0.25, 0.3) is 0 Å². The zero-order chi connectivity index (χ0) is 32.6. The Labute approximate surface area is 269 Å². The van der Waals surface area contributed by atoms with Crippen molar-refractivity contribution in [1.82, 2.24) is 10.2 Å². The van der Waals surface area contributed by atoms with Crippen LogP contribution >= 0.6 is 11.6 Å². The van der Waals surface area contributed by atoms with Crippen LogP contribution in [0, 0.1) is 6.92 Å². The van der Waals surface area contributed by atoms with E-state index in [1.807, 2.05) is 37.3 Å². The number of rotatable bonds is 13. The minimum Gasteiger partial charge on any atom is -0.497 e. The van der Waals surface area contributed by atoms with Crippen LogP contribution in [-0.2, 0) is 32.6 Å². The van der Waals surface area contributed by atoms with E-state index in [-0.39, 0.29) is 29.3 Å². The maximum Gasteiger partial charge on any atom is 0.264 e. The number of methoxy groups -OCH3 is 2. The van der Waals surface area contributed by atoms with Gasteiger partial charge < -0.3 is 19.7 Å². The van der Waals surface area contributed by atoms with E-state index in [1.165, 1.54) is 44.4 Å². The third-order valence-corrected chi connectivity index (χ3v) is 9.35. The van der Waals surface area contributed by atoms with Crippen molar-refractivity contribution in [2.45, 2.75) is 30.8 Å². The second-order valence-electron chi connectivity index (χ2n) is 10.3. The first-order chi connectivity index (χ1) is 21.6. The number of ether oxygens (including phenoxy) is 2. The van der Waals surface area contributed by atoms with Gasteiger partial charge in [-0.25, -0.2) is 8.42 Å². The second kappa shape index (κ2) is 15.0. The van der Waals surface area contributed by atoms with Crippen molar-refractivity contribution in [1.29, 1.82) is 0 Å². The van der Waals surface area contributed by atoms with Gasteiger partial charge in [-0.05, 0) is 54.4 Å². The van der Waals surface area contributed by atoms with Crippen LogP contribution in [0.1, 0.15) is 16.7 Å². The molecule has 0 aliphatic heterocycles. The summed E-state index contributed by atoms with van der Waals surface area (Å²) in [5.41, 5.74) is 2.52. The zero-order valence-corrected chi connectivity index (χ0v) is 27.1. The van der Waals surface area contributed by atoms with Crippen LogP contribution in [0.4, 0.5) is 5.69 Å². The SMILES string of the molecule is CNC(=O)[C@H](Cc1ccccc1)N(Cc1ccc(Cl)cc1)C(=O)CN(c1cc(OC)ccc1OC)S(=O)(=O)c1ccc(C)cc1. The Morgan fingerprint density at radius 2 is 1.53 bits per heavy atom. The Morgan fingerprint density at radius 3 is 2.13 bits per heavy atom. The monoisotopic (exact) mass is 649 g/mol. The Hall–Kier alpha value is -4.54. The van der Waals surface area contributed by atoms with Crippen LogP contribution in [0.2, 0.25) is 5.02 Å². The average Bonchev–Trinajstić information content (AvgIpc) is 3.05. The number of aryl methyl sites for hydroxylation is 1. The summed E-state index contributed by atoms with van der Waals surface area (Å²) in [6.45, 7) is 1.24. The lowest BCUT2D eigenvalue weighted by Crippen LogP contribution is -2.53. The molecule has 0 aromatic heterocycles. The number of nitrogens with zero attached hydrogens (tertiary/aromatic N) is 2. The number of hydrogen-bond acceptors (Lipinski definition) is 6. The molecule has 9 nitrogen and oxygen atoms in total. The van der Waals surface area contributed by atoms with Gasteiger partial charge in [-0.3, -0.25) is 13.9 Å². The molecule has 2 amide bonds. The van der Waals surface area contributed by atoms with Gasteiger partial charge in [-0.15, -0.1) is 0 Å². The predicted octanol–water partition coefficient (Wildman–Crippen LogP) is 5.25. The smallest absolute Gasteiger partial charge is 0.264 e. The predicted molar refractivity (Wildman–Crippen MR) is 175 cm³/mol. The molecule has 0 fully saturated rings. The first-order valence-corrected chi connectivity index (χ1v) is 16.0. The van der Waals surface area contributed by atoms with Crippen molar-refractivity contribution in [3.63, 3.8) is 0 Å². The lowest BCUT2D eigenvalue weighted by atomic mass is 10.0. The molecule has 4 rings (SSSR count). The Balaban J connectivity index is 1.85. The number of carbonyl (C=O) groups is 2. The largest absolute Gasteiger partial charge is 0.497 e. The van der Waals surface area contributed by atoms with E-state index in [2.05, 4.69) is 5.32 Å². The zero-order valence-electron chi connectivity index (χ0n) is 25.6. The molecule has 0 aliphatic carbocycles. The molecule has 0 aliphatic rings. The van der Waals surface area contributed by atoms with Gasteiger partial charge >= 0.3 is 0 Å². The highest BCUT2D eigenvalue weighted by Crippen LogP contribution is 2.36. The minimum absolute atomic E-state index is 0.0119. The lowest BCUT2D eigenvalue weighted by Gasteiger charge is -2.34. The molecule has 4 aromatic rings. The van der Waals surface area contributed by atoms with Crippen LogP contribution in [0.3, 0.4) is 0 Å². The molecule has 11 heteroatoms. The molecule has 45 heavy (non-hydrogen) atoms. The fraction of sp³-hybridized carbons (Fsp3) is 0.235. The van der Waals surface area contributed by atoms with E-state index < -0.39 is 34.4 Å². The molecule has 0 bridgehead atoms. The lowest BCUT2D eigenvalue weighted by molar-refractivity contribution is -0.139.